The maximum atomic E-state index is 12.6. The average molecular weight is 797 g/mol. The van der Waals surface area contributed by atoms with Gasteiger partial charge in [0.1, 0.15) is 5.94 Å². The fraction of sp³-hybridized carbons (Fsp3) is 0.974. The van der Waals surface area contributed by atoms with Gasteiger partial charge in [0.25, 0.3) is 0 Å². The second-order valence-electron chi connectivity index (χ2n) is 18.7. The van der Waals surface area contributed by atoms with Crippen LogP contribution in [0.1, 0.15) is 149 Å². The van der Waals surface area contributed by atoms with Crippen molar-refractivity contribution < 1.29 is 27.6 Å². The Morgan fingerprint density at radius 2 is 1.10 bits per heavy atom. The van der Waals surface area contributed by atoms with Crippen molar-refractivity contribution in [3.8, 4) is 0 Å². The van der Waals surface area contributed by atoms with E-state index in [4.69, 9.17) is 22.8 Å². The summed E-state index contributed by atoms with van der Waals surface area (Å²) in [5, 5.41) is 0.539. The van der Waals surface area contributed by atoms with E-state index in [-0.39, 0.29) is 34.2 Å². The van der Waals surface area contributed by atoms with Gasteiger partial charge in [0, 0.05) is 49.2 Å². The summed E-state index contributed by atoms with van der Waals surface area (Å²) in [4.78, 5) is 12.6. The molecule has 0 aromatic rings. The molecule has 0 bridgehead atoms. The van der Waals surface area contributed by atoms with Crippen molar-refractivity contribution in [1.82, 2.24) is 9.34 Å². The van der Waals surface area contributed by atoms with Crippen LogP contribution in [0.25, 0.3) is 0 Å². The van der Waals surface area contributed by atoms with E-state index in [0.717, 1.165) is 51.7 Å². The zero-order valence-corrected chi connectivity index (χ0v) is 40.7. The van der Waals surface area contributed by atoms with E-state index < -0.39 is 25.1 Å². The van der Waals surface area contributed by atoms with Crippen molar-refractivity contribution in [3.63, 3.8) is 0 Å². The van der Waals surface area contributed by atoms with Crippen molar-refractivity contribution in [3.05, 3.63) is 0 Å². The zero-order chi connectivity index (χ0) is 39.8. The monoisotopic (exact) mass is 797 g/mol. The van der Waals surface area contributed by atoms with Crippen LogP contribution < -0.4 is 0 Å². The van der Waals surface area contributed by atoms with Crippen molar-refractivity contribution in [2.75, 3.05) is 32.7 Å². The molecule has 0 radical (unpaired) electrons. The highest BCUT2D eigenvalue weighted by Crippen LogP contribution is 2.50. The van der Waals surface area contributed by atoms with Gasteiger partial charge < -0.3 is 22.8 Å². The number of rotatable bonds is 27. The minimum Gasteiger partial charge on any atom is -0.416 e. The van der Waals surface area contributed by atoms with Gasteiger partial charge in [-0.3, -0.25) is 4.79 Å². The Hall–Kier alpha value is 0.604. The molecule has 0 aliphatic carbocycles. The Morgan fingerprint density at radius 3 is 1.49 bits per heavy atom. The molecule has 0 aromatic heterocycles. The highest BCUT2D eigenvalue weighted by molar-refractivity contribution is 8.13. The lowest BCUT2D eigenvalue weighted by Gasteiger charge is -2.45. The van der Waals surface area contributed by atoms with Gasteiger partial charge in [0.2, 0.25) is 0 Å². The van der Waals surface area contributed by atoms with Crippen LogP contribution in [0.4, 0.5) is 0 Å². The normalized spacial score (nSPS) is 14.2. The molecule has 0 rings (SSSR count). The fourth-order valence-corrected chi connectivity index (χ4v) is 10.4. The number of carbonyl (C=O) groups is 1. The molecule has 0 N–H and O–H groups in total. The average Bonchev–Trinajstić information content (AvgIpc) is 2.97. The first-order valence-corrected chi connectivity index (χ1v) is 27.8. The molecule has 306 valence electrons. The summed E-state index contributed by atoms with van der Waals surface area (Å²) < 4.78 is 36.3. The molecule has 51 heavy (non-hydrogen) atoms. The summed E-state index contributed by atoms with van der Waals surface area (Å²) in [5.41, 5.74) is 0.0214. The van der Waals surface area contributed by atoms with Gasteiger partial charge in [-0.2, -0.15) is 0 Å². The zero-order valence-electron chi connectivity index (χ0n) is 37.0. The van der Waals surface area contributed by atoms with E-state index in [1.807, 2.05) is 0 Å². The molecule has 12 heteroatoms. The Morgan fingerprint density at radius 1 is 0.667 bits per heavy atom. The van der Waals surface area contributed by atoms with Gasteiger partial charge in [-0.1, -0.05) is 79.5 Å². The molecule has 0 spiro atoms. The van der Waals surface area contributed by atoms with Crippen LogP contribution in [0.15, 0.2) is 0 Å². The van der Waals surface area contributed by atoms with Crippen LogP contribution in [0, 0.1) is 5.41 Å². The molecular formula is C39H85N2O6PSSi2. The number of nitrogens with zero attached hydrogens (tertiary/aromatic N) is 2. The summed E-state index contributed by atoms with van der Waals surface area (Å²) in [6.45, 7) is 45.1. The van der Waals surface area contributed by atoms with Gasteiger partial charge >= 0.3 is 0 Å². The lowest BCUT2D eigenvalue weighted by Crippen LogP contribution is -2.48. The summed E-state index contributed by atoms with van der Waals surface area (Å²) in [5.74, 6) is 0.295. The molecule has 0 fully saturated rings. The molecule has 0 aliphatic rings. The van der Waals surface area contributed by atoms with Crippen LogP contribution >= 0.6 is 20.2 Å². The van der Waals surface area contributed by atoms with Crippen LogP contribution in [0.5, 0.6) is 0 Å². The molecule has 0 saturated carbocycles. The van der Waals surface area contributed by atoms with Gasteiger partial charge in [-0.25, -0.2) is 9.34 Å². The lowest BCUT2D eigenvalue weighted by atomic mass is 9.81. The topological polar surface area (TPSA) is 69.7 Å². The third-order valence-corrected chi connectivity index (χ3v) is 23.7. The molecule has 0 atom stereocenters. The van der Waals surface area contributed by atoms with E-state index in [2.05, 4.69) is 139 Å². The molecule has 0 aromatic carbocycles. The summed E-state index contributed by atoms with van der Waals surface area (Å²) in [7, 11) is -4.76. The third kappa shape index (κ3) is 18.9. The number of unbranched alkanes of at least 4 members (excludes halogenated alkanes) is 3. The highest BCUT2D eigenvalue weighted by atomic mass is 32.2. The Labute approximate surface area is 325 Å². The maximum absolute atomic E-state index is 12.6. The summed E-state index contributed by atoms with van der Waals surface area (Å²) in [6.07, 6.45) is 6.91. The third-order valence-electron chi connectivity index (χ3n) is 10.9. The van der Waals surface area contributed by atoms with E-state index in [1.54, 1.807) is 0 Å². The van der Waals surface area contributed by atoms with Gasteiger partial charge in [-0.15, -0.1) is 0 Å². The van der Waals surface area contributed by atoms with Crippen molar-refractivity contribution in [1.29, 1.82) is 0 Å². The first-order valence-electron chi connectivity index (χ1n) is 19.8. The van der Waals surface area contributed by atoms with Crippen LogP contribution in [-0.2, 0) is 27.6 Å². The van der Waals surface area contributed by atoms with Crippen LogP contribution in [0.2, 0.25) is 36.3 Å². The van der Waals surface area contributed by atoms with E-state index >= 15 is 0 Å². The summed E-state index contributed by atoms with van der Waals surface area (Å²) >= 11 is 1.24. The lowest BCUT2D eigenvalue weighted by molar-refractivity contribution is -0.111. The first-order chi connectivity index (χ1) is 23.2. The predicted molar refractivity (Wildman–Crippen MR) is 228 cm³/mol. The number of hydrogen-bond acceptors (Lipinski definition) is 9. The van der Waals surface area contributed by atoms with Gasteiger partial charge in [0.15, 0.2) is 43.8 Å². The second kappa shape index (κ2) is 23.6. The van der Waals surface area contributed by atoms with E-state index in [9.17, 15) is 4.79 Å². The highest BCUT2D eigenvalue weighted by Gasteiger charge is 2.43. The Bertz CT molecular complexity index is 891. The number of ether oxygens (including phenoxy) is 2. The largest absolute Gasteiger partial charge is 0.416 e. The number of carbonyl (C=O) groups excluding carboxylic acids is 1. The predicted octanol–water partition coefficient (Wildman–Crippen LogP) is 12.4. The van der Waals surface area contributed by atoms with Crippen molar-refractivity contribution >= 4 is 42.0 Å². The van der Waals surface area contributed by atoms with E-state index in [0.29, 0.717) is 36.5 Å². The van der Waals surface area contributed by atoms with Gasteiger partial charge in [-0.05, 0) is 111 Å². The smallest absolute Gasteiger partial charge is 0.192 e. The van der Waals surface area contributed by atoms with Crippen LogP contribution in [-0.4, -0.2) is 88.0 Å². The molecule has 0 heterocycles. The molecule has 0 amide bonds. The minimum absolute atomic E-state index is 0.0214. The molecule has 0 saturated heterocycles. The van der Waals surface area contributed by atoms with Crippen molar-refractivity contribution in [2.24, 2.45) is 5.41 Å². The molecule has 8 nitrogen and oxygen atoms in total. The fourth-order valence-electron chi connectivity index (χ4n) is 5.42. The molecule has 0 aliphatic heterocycles. The SMILES string of the molecule is CCC(CCCCCCC(=O)SCOCOCOP(N(C(C)C)C(C)C)N(C(C)C)C(C)C)(CO[Si](C)(C)C(C)(C)C)CO[Si](C)(C)C(C)(C)C. The first kappa shape index (κ1) is 51.6. The standard InChI is InChI=1S/C39H85N2O6PSSi2/c1-20-39(27-46-50(16,17)37(10,11)12,28-47-51(18,19)38(13,14)15)26-24-22-21-23-25-36(42)49-31-44-29-43-30-45-48(40(32(2)3)33(4)5)41(34(6)7)35(8)9/h32-35H,20-31H2,1-19H3. The summed E-state index contributed by atoms with van der Waals surface area (Å²) in [6, 6.07) is 1.38. The number of hydrogen-bond donors (Lipinski definition) is 0. The quantitative estimate of drug-likeness (QED) is 0.0350. The molecule has 0 unspecified atom stereocenters. The van der Waals surface area contributed by atoms with Gasteiger partial charge in [0.05, 0.1) is 0 Å². The van der Waals surface area contributed by atoms with Crippen molar-refractivity contribution in [2.45, 2.75) is 209 Å². The minimum atomic E-state index is -1.88. The van der Waals surface area contributed by atoms with Crippen LogP contribution in [0.3, 0.4) is 0 Å². The Balaban J connectivity index is 4.79. The van der Waals surface area contributed by atoms with E-state index in [1.165, 1.54) is 11.8 Å². The maximum Gasteiger partial charge on any atom is 0.192 e. The Kier molecular flexibility index (Phi) is 23.9. The number of thioether (sulfide) groups is 1. The molecular weight excluding hydrogens is 712 g/mol. The second-order valence-corrected chi connectivity index (χ2v) is 30.9.